The number of alkyl halides is 3. The molecule has 0 saturated heterocycles. The number of nitro groups is 1. The quantitative estimate of drug-likeness (QED) is 0.301. The molecule has 3 aromatic rings. The first-order valence-corrected chi connectivity index (χ1v) is 11.3. The van der Waals surface area contributed by atoms with Crippen LogP contribution in [0.25, 0.3) is 0 Å². The molecule has 0 saturated carbocycles. The summed E-state index contributed by atoms with van der Waals surface area (Å²) in [7, 11) is -3.21. The summed E-state index contributed by atoms with van der Waals surface area (Å²) >= 11 is 5.87. The topological polar surface area (TPSA) is 98.9 Å². The highest BCUT2D eigenvalue weighted by molar-refractivity contribution is 7.93. The Labute approximate surface area is 191 Å². The summed E-state index contributed by atoms with van der Waals surface area (Å²) in [6.07, 6.45) is -3.39. The van der Waals surface area contributed by atoms with E-state index in [1.807, 2.05) is 0 Å². The summed E-state index contributed by atoms with van der Waals surface area (Å²) in [5, 5.41) is 11.0. The number of hydrogen-bond acceptors (Lipinski definition) is 5. The Morgan fingerprint density at radius 1 is 1.09 bits per heavy atom. The van der Waals surface area contributed by atoms with Gasteiger partial charge in [-0.3, -0.25) is 14.9 Å². The number of ether oxygens (including phenoxy) is 1. The molecule has 33 heavy (non-hydrogen) atoms. The van der Waals surface area contributed by atoms with Crippen LogP contribution in [0.5, 0.6) is 11.5 Å². The SMILES string of the molecule is CS(=O)(=NC(=O)c1cc(Oc2ccc(C(F)(F)F)cc2Cl)ccc1[N+](=O)[O-])c1ccccc1. The molecule has 1 amide bonds. The van der Waals surface area contributed by atoms with Crippen molar-refractivity contribution in [1.29, 1.82) is 0 Å². The molecule has 0 aliphatic heterocycles. The van der Waals surface area contributed by atoms with E-state index in [0.29, 0.717) is 6.07 Å². The number of nitrogens with zero attached hydrogens (tertiary/aromatic N) is 2. The molecule has 1 atom stereocenters. The van der Waals surface area contributed by atoms with Crippen LogP contribution >= 0.6 is 11.6 Å². The van der Waals surface area contributed by atoms with Crippen LogP contribution in [0.1, 0.15) is 15.9 Å². The van der Waals surface area contributed by atoms with Gasteiger partial charge in [-0.15, -0.1) is 0 Å². The standard InChI is InChI=1S/C21H14ClF3N2O5S/c1-33(31,15-5-3-2-4-6-15)26-20(28)16-12-14(8-9-18(16)27(29)30)32-19-10-7-13(11-17(19)22)21(23,24)25/h2-12H,1H3. The molecule has 1 unspecified atom stereocenters. The van der Waals surface area contributed by atoms with E-state index in [1.165, 1.54) is 18.4 Å². The van der Waals surface area contributed by atoms with Gasteiger partial charge in [0.2, 0.25) is 0 Å². The molecule has 0 fully saturated rings. The molecule has 0 spiro atoms. The summed E-state index contributed by atoms with van der Waals surface area (Å²) in [6.45, 7) is 0. The largest absolute Gasteiger partial charge is 0.456 e. The number of halogens is 4. The smallest absolute Gasteiger partial charge is 0.416 e. The molecule has 0 bridgehead atoms. The highest BCUT2D eigenvalue weighted by atomic mass is 35.5. The van der Waals surface area contributed by atoms with Crippen molar-refractivity contribution in [3.8, 4) is 11.5 Å². The van der Waals surface area contributed by atoms with Gasteiger partial charge in [-0.25, -0.2) is 4.21 Å². The fraction of sp³-hybridized carbons (Fsp3) is 0.0952. The van der Waals surface area contributed by atoms with E-state index in [1.54, 1.807) is 18.2 Å². The monoisotopic (exact) mass is 498 g/mol. The lowest BCUT2D eigenvalue weighted by atomic mass is 10.1. The van der Waals surface area contributed by atoms with Crippen molar-refractivity contribution < 1.29 is 31.8 Å². The summed E-state index contributed by atoms with van der Waals surface area (Å²) in [5.74, 6) is -1.41. The van der Waals surface area contributed by atoms with Crippen LogP contribution in [-0.2, 0) is 15.9 Å². The van der Waals surface area contributed by atoms with Crippen molar-refractivity contribution in [3.63, 3.8) is 0 Å². The predicted octanol–water partition coefficient (Wildman–Crippen LogP) is 6.36. The average Bonchev–Trinajstić information content (AvgIpc) is 2.74. The first-order valence-electron chi connectivity index (χ1n) is 9.03. The van der Waals surface area contributed by atoms with Crippen LogP contribution in [0.3, 0.4) is 0 Å². The van der Waals surface area contributed by atoms with Crippen LogP contribution in [-0.4, -0.2) is 21.3 Å². The van der Waals surface area contributed by atoms with E-state index >= 15 is 0 Å². The van der Waals surface area contributed by atoms with E-state index in [2.05, 4.69) is 4.36 Å². The lowest BCUT2D eigenvalue weighted by molar-refractivity contribution is -0.385. The number of hydrogen-bond donors (Lipinski definition) is 0. The maximum absolute atomic E-state index is 12.9. The fourth-order valence-corrected chi connectivity index (χ4v) is 4.13. The zero-order valence-electron chi connectivity index (χ0n) is 16.7. The zero-order valence-corrected chi connectivity index (χ0v) is 18.3. The third-order valence-electron chi connectivity index (χ3n) is 4.32. The van der Waals surface area contributed by atoms with Gasteiger partial charge in [-0.05, 0) is 36.4 Å². The highest BCUT2D eigenvalue weighted by Crippen LogP contribution is 2.37. The van der Waals surface area contributed by atoms with E-state index in [-0.39, 0.29) is 21.4 Å². The molecule has 0 N–H and O–H groups in total. The zero-order chi connectivity index (χ0) is 24.4. The number of carbonyl (C=O) groups excluding carboxylic acids is 1. The molecule has 0 radical (unpaired) electrons. The highest BCUT2D eigenvalue weighted by Gasteiger charge is 2.31. The second kappa shape index (κ2) is 9.20. The molecule has 7 nitrogen and oxygen atoms in total. The van der Waals surface area contributed by atoms with Crippen LogP contribution in [0.4, 0.5) is 18.9 Å². The van der Waals surface area contributed by atoms with Crippen LogP contribution in [0.2, 0.25) is 5.02 Å². The average molecular weight is 499 g/mol. The van der Waals surface area contributed by atoms with E-state index < -0.39 is 43.6 Å². The number of carbonyl (C=O) groups is 1. The number of rotatable bonds is 5. The van der Waals surface area contributed by atoms with E-state index in [0.717, 1.165) is 30.3 Å². The molecule has 12 heteroatoms. The van der Waals surface area contributed by atoms with Crippen LogP contribution < -0.4 is 4.74 Å². The Balaban J connectivity index is 2.00. The van der Waals surface area contributed by atoms with E-state index in [4.69, 9.17) is 16.3 Å². The van der Waals surface area contributed by atoms with E-state index in [9.17, 15) is 32.3 Å². The minimum Gasteiger partial charge on any atom is -0.456 e. The van der Waals surface area contributed by atoms with Crippen molar-refractivity contribution >= 4 is 32.9 Å². The normalized spacial score (nSPS) is 13.1. The van der Waals surface area contributed by atoms with Gasteiger partial charge in [0.1, 0.15) is 17.1 Å². The first kappa shape index (κ1) is 24.2. The van der Waals surface area contributed by atoms with Crippen molar-refractivity contribution in [3.05, 3.63) is 93.0 Å². The minimum atomic E-state index is -4.61. The van der Waals surface area contributed by atoms with Gasteiger partial charge in [0, 0.05) is 23.3 Å². The number of nitro benzene ring substituents is 1. The second-order valence-electron chi connectivity index (χ2n) is 6.69. The van der Waals surface area contributed by atoms with Gasteiger partial charge in [-0.1, -0.05) is 29.8 Å². The molecule has 0 aromatic heterocycles. The lowest BCUT2D eigenvalue weighted by Crippen LogP contribution is -2.07. The maximum atomic E-state index is 12.9. The summed E-state index contributed by atoms with van der Waals surface area (Å²) in [5.41, 5.74) is -2.11. The molecular weight excluding hydrogens is 485 g/mol. The summed E-state index contributed by atoms with van der Waals surface area (Å²) < 4.78 is 60.4. The molecule has 0 aliphatic carbocycles. The fourth-order valence-electron chi connectivity index (χ4n) is 2.73. The third-order valence-corrected chi connectivity index (χ3v) is 6.28. The molecular formula is C21H14ClF3N2O5S. The van der Waals surface area contributed by atoms with Gasteiger partial charge in [0.15, 0.2) is 0 Å². The van der Waals surface area contributed by atoms with Gasteiger partial charge in [-0.2, -0.15) is 17.5 Å². The Hall–Kier alpha value is -3.44. The van der Waals surface area contributed by atoms with Crippen molar-refractivity contribution in [2.24, 2.45) is 4.36 Å². The van der Waals surface area contributed by atoms with Gasteiger partial charge >= 0.3 is 6.18 Å². The van der Waals surface area contributed by atoms with Crippen molar-refractivity contribution in [2.75, 3.05) is 6.26 Å². The van der Waals surface area contributed by atoms with Crippen molar-refractivity contribution in [1.82, 2.24) is 0 Å². The summed E-state index contributed by atoms with van der Waals surface area (Å²) in [4.78, 5) is 23.6. The van der Waals surface area contributed by atoms with Crippen LogP contribution in [0.15, 0.2) is 76.0 Å². The molecule has 3 rings (SSSR count). The maximum Gasteiger partial charge on any atom is 0.416 e. The number of benzene rings is 3. The Morgan fingerprint density at radius 2 is 1.76 bits per heavy atom. The second-order valence-corrected chi connectivity index (χ2v) is 9.36. The first-order chi connectivity index (χ1) is 15.4. The van der Waals surface area contributed by atoms with Crippen molar-refractivity contribution in [2.45, 2.75) is 11.1 Å². The summed E-state index contributed by atoms with van der Waals surface area (Å²) in [6, 6.07) is 13.4. The Kier molecular flexibility index (Phi) is 6.75. The molecule has 3 aromatic carbocycles. The predicted molar refractivity (Wildman–Crippen MR) is 115 cm³/mol. The lowest BCUT2D eigenvalue weighted by Gasteiger charge is -2.12. The Bertz CT molecular complexity index is 1350. The third kappa shape index (κ3) is 5.68. The molecule has 0 aliphatic rings. The van der Waals surface area contributed by atoms with Crippen LogP contribution in [0, 0.1) is 10.1 Å². The molecule has 172 valence electrons. The molecule has 0 heterocycles. The van der Waals surface area contributed by atoms with Gasteiger partial charge in [0.25, 0.3) is 11.6 Å². The van der Waals surface area contributed by atoms with Gasteiger partial charge in [0.05, 0.1) is 25.2 Å². The minimum absolute atomic E-state index is 0.122. The van der Waals surface area contributed by atoms with Gasteiger partial charge < -0.3 is 4.74 Å². The number of amides is 1. The Morgan fingerprint density at radius 3 is 2.33 bits per heavy atom.